The zero-order chi connectivity index (χ0) is 34.4. The molecule has 1 saturated heterocycles. The molecule has 0 radical (unpaired) electrons. The lowest BCUT2D eigenvalue weighted by Crippen LogP contribution is -2.50. The van der Waals surface area contributed by atoms with E-state index in [0.717, 1.165) is 23.8 Å². The van der Waals surface area contributed by atoms with E-state index >= 15 is 0 Å². The largest absolute Gasteiger partial charge is 0.573 e. The molecule has 256 valence electrons. The number of carbonyl (C=O) groups excluding carboxylic acids is 1. The van der Waals surface area contributed by atoms with Crippen LogP contribution >= 0.6 is 0 Å². The highest BCUT2D eigenvalue weighted by molar-refractivity contribution is 7.92. The molecule has 0 aromatic heterocycles. The van der Waals surface area contributed by atoms with Crippen molar-refractivity contribution in [2.24, 2.45) is 4.99 Å². The first kappa shape index (κ1) is 34.9. The average Bonchev–Trinajstić information content (AvgIpc) is 3.27. The van der Waals surface area contributed by atoms with Crippen LogP contribution in [0.4, 0.5) is 18.9 Å². The first-order valence-corrected chi connectivity index (χ1v) is 18.5. The van der Waals surface area contributed by atoms with Gasteiger partial charge in [-0.3, -0.25) is 14.1 Å². The fraction of sp³-hybridized carbons (Fsp3) is 0.484. The maximum absolute atomic E-state index is 13.3. The molecule has 1 saturated carbocycles. The molecule has 1 amide bonds. The number of sulfonamides is 2. The maximum atomic E-state index is 13.3. The van der Waals surface area contributed by atoms with Crippen LogP contribution in [-0.4, -0.2) is 81.4 Å². The number of amides is 1. The van der Waals surface area contributed by atoms with Gasteiger partial charge in [0.1, 0.15) is 17.1 Å². The molecule has 0 unspecified atom stereocenters. The van der Waals surface area contributed by atoms with Gasteiger partial charge < -0.3 is 15.2 Å². The highest BCUT2D eigenvalue weighted by Gasteiger charge is 2.47. The summed E-state index contributed by atoms with van der Waals surface area (Å²) in [5, 5.41) is 13.6. The number of hydrogen-bond acceptors (Lipinski definition) is 8. The number of aliphatic imine (C=N–C) groups is 1. The number of aliphatic hydroxyl groups is 1. The van der Waals surface area contributed by atoms with Gasteiger partial charge in [-0.1, -0.05) is 12.1 Å². The Hall–Kier alpha value is -3.47. The summed E-state index contributed by atoms with van der Waals surface area (Å²) in [5.74, 6) is -0.830. The monoisotopic (exact) mass is 698 g/mol. The average molecular weight is 699 g/mol. The number of hydrogen-bond donors (Lipinski definition) is 2. The molecule has 1 aliphatic carbocycles. The zero-order valence-corrected chi connectivity index (χ0v) is 27.8. The zero-order valence-electron chi connectivity index (χ0n) is 26.1. The smallest absolute Gasteiger partial charge is 0.406 e. The third-order valence-electron chi connectivity index (χ3n) is 8.83. The molecular formula is C31H37F3N4O7S2. The molecule has 11 nitrogen and oxygen atoms in total. The summed E-state index contributed by atoms with van der Waals surface area (Å²) >= 11 is 0. The molecule has 16 heteroatoms. The van der Waals surface area contributed by atoms with E-state index in [-0.39, 0.29) is 43.4 Å². The molecule has 2 aromatic rings. The van der Waals surface area contributed by atoms with Gasteiger partial charge in [0, 0.05) is 30.1 Å². The molecule has 2 N–H and O–H groups in total. The Kier molecular flexibility index (Phi) is 9.54. The van der Waals surface area contributed by atoms with Gasteiger partial charge in [-0.2, -0.15) is 4.31 Å². The fourth-order valence-corrected chi connectivity index (χ4v) is 8.90. The van der Waals surface area contributed by atoms with Crippen LogP contribution in [0.3, 0.4) is 0 Å². The van der Waals surface area contributed by atoms with Crippen molar-refractivity contribution in [3.63, 3.8) is 0 Å². The maximum Gasteiger partial charge on any atom is 0.573 e. The molecule has 47 heavy (non-hydrogen) atoms. The molecule has 2 aromatic carbocycles. The van der Waals surface area contributed by atoms with Gasteiger partial charge in [0.05, 0.1) is 18.0 Å². The number of nitrogens with one attached hydrogen (secondary N) is 1. The number of ether oxygens (including phenoxy) is 1. The number of amidine groups is 1. The topological polar surface area (TPSA) is 146 Å². The van der Waals surface area contributed by atoms with E-state index in [1.54, 1.807) is 26.0 Å². The molecule has 2 aliphatic heterocycles. The lowest BCUT2D eigenvalue weighted by molar-refractivity contribution is -0.274. The minimum absolute atomic E-state index is 0.00952. The summed E-state index contributed by atoms with van der Waals surface area (Å²) in [6, 6.07) is 8.23. The van der Waals surface area contributed by atoms with Gasteiger partial charge in [-0.05, 0) is 99.4 Å². The summed E-state index contributed by atoms with van der Waals surface area (Å²) in [4.78, 5) is 17.5. The Balaban J connectivity index is 1.29. The van der Waals surface area contributed by atoms with Crippen LogP contribution in [0.1, 0.15) is 60.8 Å². The predicted octanol–water partition coefficient (Wildman–Crippen LogP) is 3.98. The van der Waals surface area contributed by atoms with Gasteiger partial charge >= 0.3 is 6.36 Å². The van der Waals surface area contributed by atoms with Crippen molar-refractivity contribution in [2.75, 3.05) is 23.7 Å². The SMILES string of the molecule is Cc1cc(N(C2CCC(O)CC2)S(C)(=O)=O)cc(C)c1C=CS(=O)(=O)N1CCC2(CC1)N=C(c1cccc(OC(F)(F)F)c1)NC2=O. The lowest BCUT2D eigenvalue weighted by atomic mass is 9.89. The van der Waals surface area contributed by atoms with Gasteiger partial charge in [-0.15, -0.1) is 13.2 Å². The van der Waals surface area contributed by atoms with E-state index in [1.165, 1.54) is 26.8 Å². The van der Waals surface area contributed by atoms with E-state index in [0.29, 0.717) is 48.1 Å². The van der Waals surface area contributed by atoms with Crippen molar-refractivity contribution >= 4 is 43.6 Å². The fourth-order valence-electron chi connectivity index (χ4n) is 6.49. The van der Waals surface area contributed by atoms with Crippen LogP contribution < -0.4 is 14.4 Å². The van der Waals surface area contributed by atoms with Gasteiger partial charge in [0.25, 0.3) is 5.91 Å². The van der Waals surface area contributed by atoms with E-state index in [1.807, 2.05) is 0 Å². The molecule has 0 bridgehead atoms. The van der Waals surface area contributed by atoms with Crippen molar-refractivity contribution in [2.45, 2.75) is 76.4 Å². The Morgan fingerprint density at radius 1 is 1.04 bits per heavy atom. The van der Waals surface area contributed by atoms with Gasteiger partial charge in [-0.25, -0.2) is 16.8 Å². The third-order valence-corrected chi connectivity index (χ3v) is 11.6. The normalized spacial score (nSPS) is 22.4. The predicted molar refractivity (Wildman–Crippen MR) is 171 cm³/mol. The second-order valence-electron chi connectivity index (χ2n) is 12.3. The molecule has 0 atom stereocenters. The number of rotatable bonds is 8. The Labute approximate surface area is 272 Å². The van der Waals surface area contributed by atoms with E-state index < -0.39 is 49.7 Å². The molecule has 1 spiro atoms. The Morgan fingerprint density at radius 3 is 2.23 bits per heavy atom. The minimum Gasteiger partial charge on any atom is -0.406 e. The number of carbonyl (C=O) groups is 1. The quantitative estimate of drug-likeness (QED) is 0.424. The highest BCUT2D eigenvalue weighted by Crippen LogP contribution is 2.35. The summed E-state index contributed by atoms with van der Waals surface area (Å²) in [5.41, 5.74) is 1.45. The minimum atomic E-state index is -4.88. The number of anilines is 1. The van der Waals surface area contributed by atoms with Crippen molar-refractivity contribution in [3.05, 3.63) is 64.1 Å². The van der Waals surface area contributed by atoms with E-state index in [9.17, 15) is 39.9 Å². The van der Waals surface area contributed by atoms with Crippen molar-refractivity contribution in [1.29, 1.82) is 0 Å². The third kappa shape index (κ3) is 7.82. The van der Waals surface area contributed by atoms with Crippen molar-refractivity contribution in [3.8, 4) is 5.75 Å². The molecule has 5 rings (SSSR count). The number of alkyl halides is 3. The molecule has 3 aliphatic rings. The van der Waals surface area contributed by atoms with Gasteiger partial charge in [0.15, 0.2) is 0 Å². The number of benzene rings is 2. The number of aliphatic hydroxyl groups excluding tert-OH is 1. The standard InChI is InChI=1S/C31H37F3N4O7S2/c1-20-17-24(38(46(3,41)42)23-7-9-25(39)10-8-23)18-21(2)27(20)11-16-47(43,44)37-14-12-30(13-15-37)29(40)35-28(36-30)22-5-4-6-26(19-22)45-31(32,33)34/h4-6,11,16-19,23,25,39H,7-10,12-15H2,1-3H3,(H,35,36,40). The highest BCUT2D eigenvalue weighted by atomic mass is 32.2. The number of nitrogens with zero attached hydrogens (tertiary/aromatic N) is 3. The Bertz CT molecular complexity index is 1790. The molecule has 2 heterocycles. The first-order chi connectivity index (χ1) is 21.9. The number of aryl methyl sites for hydroxylation is 2. The van der Waals surface area contributed by atoms with Crippen molar-refractivity contribution < 1.29 is 44.6 Å². The molecular weight excluding hydrogens is 661 g/mol. The first-order valence-electron chi connectivity index (χ1n) is 15.1. The van der Waals surface area contributed by atoms with Crippen LogP contribution in [0.15, 0.2) is 46.8 Å². The summed E-state index contributed by atoms with van der Waals surface area (Å²) in [6.45, 7) is 3.53. The van der Waals surface area contributed by atoms with Crippen LogP contribution in [0.5, 0.6) is 5.75 Å². The summed E-state index contributed by atoms with van der Waals surface area (Å²) in [7, 11) is -7.55. The van der Waals surface area contributed by atoms with E-state index in [2.05, 4.69) is 15.0 Å². The van der Waals surface area contributed by atoms with Crippen molar-refractivity contribution in [1.82, 2.24) is 9.62 Å². The van der Waals surface area contributed by atoms with Crippen LogP contribution in [-0.2, 0) is 24.8 Å². The summed E-state index contributed by atoms with van der Waals surface area (Å²) in [6.07, 6.45) is -0.471. The second kappa shape index (κ2) is 12.9. The number of piperidine rings is 1. The van der Waals surface area contributed by atoms with Crippen LogP contribution in [0.25, 0.3) is 6.08 Å². The Morgan fingerprint density at radius 2 is 1.66 bits per heavy atom. The summed E-state index contributed by atoms with van der Waals surface area (Å²) < 4.78 is 96.9. The van der Waals surface area contributed by atoms with Crippen LogP contribution in [0, 0.1) is 13.8 Å². The van der Waals surface area contributed by atoms with Crippen LogP contribution in [0.2, 0.25) is 0 Å². The number of halogens is 3. The second-order valence-corrected chi connectivity index (χ2v) is 16.0. The lowest BCUT2D eigenvalue weighted by Gasteiger charge is -2.36. The molecule has 2 fully saturated rings. The van der Waals surface area contributed by atoms with Gasteiger partial charge in [0.2, 0.25) is 20.0 Å². The van der Waals surface area contributed by atoms with E-state index in [4.69, 9.17) is 0 Å².